The Morgan fingerprint density at radius 3 is 2.40 bits per heavy atom. The smallest absolute Gasteiger partial charge is 0.0951 e. The number of aromatic nitrogens is 1. The molecule has 2 aromatic rings. The van der Waals surface area contributed by atoms with Crippen LogP contribution >= 0.6 is 0 Å². The van der Waals surface area contributed by atoms with E-state index in [1.165, 1.54) is 36.8 Å². The number of nitrogens with two attached hydrogens (primary N) is 1. The summed E-state index contributed by atoms with van der Waals surface area (Å²) >= 11 is 0. The Balaban J connectivity index is 2.38. The van der Waals surface area contributed by atoms with Crippen molar-refractivity contribution in [1.29, 1.82) is 0 Å². The fourth-order valence-electron chi connectivity index (χ4n) is 2.51. The Bertz CT molecular complexity index is 543. The van der Waals surface area contributed by atoms with Crippen molar-refractivity contribution in [2.24, 2.45) is 0 Å². The van der Waals surface area contributed by atoms with Crippen LogP contribution in [0.2, 0.25) is 0 Å². The Labute approximate surface area is 121 Å². The summed E-state index contributed by atoms with van der Waals surface area (Å²) in [4.78, 5) is 6.92. The SMILES string of the molecule is CCCCN(CCCC)c1ccc(N)c2ncccc12. The van der Waals surface area contributed by atoms with Gasteiger partial charge in [-0.05, 0) is 37.1 Å². The molecular weight excluding hydrogens is 246 g/mol. The summed E-state index contributed by atoms with van der Waals surface area (Å²) in [5, 5.41) is 1.17. The first-order valence-corrected chi connectivity index (χ1v) is 7.66. The molecule has 3 heteroatoms. The van der Waals surface area contributed by atoms with Gasteiger partial charge < -0.3 is 10.6 Å². The average molecular weight is 271 g/mol. The molecule has 0 fully saturated rings. The largest absolute Gasteiger partial charge is 0.397 e. The van der Waals surface area contributed by atoms with Crippen LogP contribution < -0.4 is 10.6 Å². The molecule has 0 spiro atoms. The van der Waals surface area contributed by atoms with Gasteiger partial charge in [0.2, 0.25) is 0 Å². The van der Waals surface area contributed by atoms with E-state index in [1.54, 1.807) is 0 Å². The van der Waals surface area contributed by atoms with Crippen LogP contribution in [0.15, 0.2) is 30.5 Å². The lowest BCUT2D eigenvalue weighted by Crippen LogP contribution is -2.25. The molecule has 0 saturated carbocycles. The molecule has 0 atom stereocenters. The van der Waals surface area contributed by atoms with Crippen LogP contribution in [0.1, 0.15) is 39.5 Å². The van der Waals surface area contributed by atoms with Crippen molar-refractivity contribution in [3.63, 3.8) is 0 Å². The van der Waals surface area contributed by atoms with E-state index in [0.717, 1.165) is 24.3 Å². The fourth-order valence-corrected chi connectivity index (χ4v) is 2.51. The van der Waals surface area contributed by atoms with Crippen molar-refractivity contribution in [2.75, 3.05) is 23.7 Å². The fraction of sp³-hybridized carbons (Fsp3) is 0.471. The predicted molar refractivity (Wildman–Crippen MR) is 88.2 cm³/mol. The van der Waals surface area contributed by atoms with E-state index in [4.69, 9.17) is 5.73 Å². The molecular formula is C17H25N3. The van der Waals surface area contributed by atoms with Gasteiger partial charge in [-0.15, -0.1) is 0 Å². The standard InChI is InChI=1S/C17H25N3/c1-3-5-12-20(13-6-4-2)16-10-9-15(18)17-14(16)8-7-11-19-17/h7-11H,3-6,12-13,18H2,1-2H3. The zero-order chi connectivity index (χ0) is 14.4. The molecule has 0 aliphatic heterocycles. The van der Waals surface area contributed by atoms with Crippen LogP contribution in [0.5, 0.6) is 0 Å². The van der Waals surface area contributed by atoms with Crippen molar-refractivity contribution < 1.29 is 0 Å². The zero-order valence-corrected chi connectivity index (χ0v) is 12.6. The van der Waals surface area contributed by atoms with Crippen LogP contribution in [-0.4, -0.2) is 18.1 Å². The second kappa shape index (κ2) is 7.13. The second-order valence-corrected chi connectivity index (χ2v) is 5.27. The van der Waals surface area contributed by atoms with E-state index < -0.39 is 0 Å². The van der Waals surface area contributed by atoms with Crippen molar-refractivity contribution in [3.8, 4) is 0 Å². The molecule has 20 heavy (non-hydrogen) atoms. The quantitative estimate of drug-likeness (QED) is 0.766. The van der Waals surface area contributed by atoms with Gasteiger partial charge in [0.15, 0.2) is 0 Å². The summed E-state index contributed by atoms with van der Waals surface area (Å²) in [6.45, 7) is 6.68. The summed E-state index contributed by atoms with van der Waals surface area (Å²) in [5.41, 5.74) is 8.99. The lowest BCUT2D eigenvalue weighted by Gasteiger charge is -2.26. The number of hydrogen-bond acceptors (Lipinski definition) is 3. The van der Waals surface area contributed by atoms with E-state index in [9.17, 15) is 0 Å². The minimum Gasteiger partial charge on any atom is -0.397 e. The topological polar surface area (TPSA) is 42.1 Å². The molecule has 0 saturated heterocycles. The maximum absolute atomic E-state index is 6.04. The van der Waals surface area contributed by atoms with Gasteiger partial charge in [0.1, 0.15) is 0 Å². The van der Waals surface area contributed by atoms with E-state index in [1.807, 2.05) is 18.3 Å². The third kappa shape index (κ3) is 3.21. The molecule has 1 heterocycles. The second-order valence-electron chi connectivity index (χ2n) is 5.27. The van der Waals surface area contributed by atoms with Crippen LogP contribution in [0.4, 0.5) is 11.4 Å². The summed E-state index contributed by atoms with van der Waals surface area (Å²) in [6.07, 6.45) is 6.68. The number of rotatable bonds is 7. The first-order chi connectivity index (χ1) is 9.77. The minimum atomic E-state index is 0.760. The van der Waals surface area contributed by atoms with E-state index in [0.29, 0.717) is 0 Å². The van der Waals surface area contributed by atoms with Crippen LogP contribution in [0, 0.1) is 0 Å². The van der Waals surface area contributed by atoms with Crippen LogP contribution in [-0.2, 0) is 0 Å². The molecule has 108 valence electrons. The number of nitrogens with zero attached hydrogens (tertiary/aromatic N) is 2. The molecule has 0 bridgehead atoms. The summed E-state index contributed by atoms with van der Waals surface area (Å²) in [6, 6.07) is 8.24. The zero-order valence-electron chi connectivity index (χ0n) is 12.6. The average Bonchev–Trinajstić information content (AvgIpc) is 2.49. The number of hydrogen-bond donors (Lipinski definition) is 1. The molecule has 2 N–H and O–H groups in total. The highest BCUT2D eigenvalue weighted by Crippen LogP contribution is 2.29. The van der Waals surface area contributed by atoms with Gasteiger partial charge in [-0.25, -0.2) is 0 Å². The highest BCUT2D eigenvalue weighted by atomic mass is 15.1. The van der Waals surface area contributed by atoms with Gasteiger partial charge in [0.25, 0.3) is 0 Å². The number of nitrogen functional groups attached to an aromatic ring is 1. The first-order valence-electron chi connectivity index (χ1n) is 7.66. The highest BCUT2D eigenvalue weighted by molar-refractivity contribution is 5.98. The van der Waals surface area contributed by atoms with Crippen molar-refractivity contribution in [2.45, 2.75) is 39.5 Å². The molecule has 1 aromatic carbocycles. The molecule has 3 nitrogen and oxygen atoms in total. The van der Waals surface area contributed by atoms with Gasteiger partial charge in [0, 0.05) is 30.4 Å². The van der Waals surface area contributed by atoms with Gasteiger partial charge in [-0.2, -0.15) is 0 Å². The monoisotopic (exact) mass is 271 g/mol. The number of fused-ring (bicyclic) bond motifs is 1. The maximum atomic E-state index is 6.04. The van der Waals surface area contributed by atoms with Crippen LogP contribution in [0.3, 0.4) is 0 Å². The van der Waals surface area contributed by atoms with Crippen molar-refractivity contribution in [1.82, 2.24) is 4.98 Å². The number of anilines is 2. The highest BCUT2D eigenvalue weighted by Gasteiger charge is 2.11. The van der Waals surface area contributed by atoms with E-state index in [2.05, 4.69) is 35.9 Å². The van der Waals surface area contributed by atoms with Crippen molar-refractivity contribution >= 4 is 22.3 Å². The summed E-state index contributed by atoms with van der Waals surface area (Å²) in [7, 11) is 0. The normalized spacial score (nSPS) is 10.9. The van der Waals surface area contributed by atoms with Crippen LogP contribution in [0.25, 0.3) is 10.9 Å². The number of unbranched alkanes of at least 4 members (excludes halogenated alkanes) is 2. The molecule has 0 aliphatic carbocycles. The molecule has 1 aromatic heterocycles. The Morgan fingerprint density at radius 1 is 1.05 bits per heavy atom. The summed E-state index contributed by atoms with van der Waals surface area (Å²) < 4.78 is 0. The Hall–Kier alpha value is -1.77. The van der Waals surface area contributed by atoms with Gasteiger partial charge >= 0.3 is 0 Å². The van der Waals surface area contributed by atoms with Gasteiger partial charge in [-0.3, -0.25) is 4.98 Å². The lowest BCUT2D eigenvalue weighted by molar-refractivity contribution is 0.679. The Morgan fingerprint density at radius 2 is 1.75 bits per heavy atom. The first kappa shape index (κ1) is 14.6. The molecule has 2 rings (SSSR count). The molecule has 0 amide bonds. The minimum absolute atomic E-state index is 0.760. The van der Waals surface area contributed by atoms with Gasteiger partial charge in [0.05, 0.1) is 11.2 Å². The van der Waals surface area contributed by atoms with Gasteiger partial charge in [-0.1, -0.05) is 26.7 Å². The third-order valence-corrected chi connectivity index (χ3v) is 3.68. The lowest BCUT2D eigenvalue weighted by atomic mass is 10.1. The summed E-state index contributed by atoms with van der Waals surface area (Å²) in [5.74, 6) is 0. The number of pyridine rings is 1. The molecule has 0 radical (unpaired) electrons. The maximum Gasteiger partial charge on any atom is 0.0951 e. The molecule has 0 aliphatic rings. The molecule has 0 unspecified atom stereocenters. The van der Waals surface area contributed by atoms with E-state index >= 15 is 0 Å². The third-order valence-electron chi connectivity index (χ3n) is 3.68. The predicted octanol–water partition coefficient (Wildman–Crippen LogP) is 4.22. The van der Waals surface area contributed by atoms with E-state index in [-0.39, 0.29) is 0 Å². The number of benzene rings is 1. The van der Waals surface area contributed by atoms with Crippen molar-refractivity contribution in [3.05, 3.63) is 30.5 Å². The Kier molecular flexibility index (Phi) is 5.22.